The number of halogens is 1. The van der Waals surface area contributed by atoms with Crippen LogP contribution in [0.25, 0.3) is 0 Å². The van der Waals surface area contributed by atoms with E-state index >= 15 is 0 Å². The maximum atomic E-state index is 12.8. The predicted octanol–water partition coefficient (Wildman–Crippen LogP) is 3.21. The number of hydrogen-bond donors (Lipinski definition) is 0. The highest BCUT2D eigenvalue weighted by molar-refractivity contribution is 6.31. The van der Waals surface area contributed by atoms with Crippen LogP contribution in [0, 0.1) is 6.92 Å². The minimum Gasteiger partial charge on any atom is -0.469 e. The molecule has 5 heteroatoms. The predicted molar refractivity (Wildman–Crippen MR) is 81.5 cm³/mol. The van der Waals surface area contributed by atoms with Gasteiger partial charge in [0, 0.05) is 23.2 Å². The summed E-state index contributed by atoms with van der Waals surface area (Å²) >= 11 is 6.10. The topological polar surface area (TPSA) is 46.6 Å². The number of likely N-dealkylation sites (tertiary alicyclic amines) is 1. The molecule has 0 aromatic heterocycles. The molecule has 1 saturated heterocycles. The van der Waals surface area contributed by atoms with Crippen LogP contribution in [0.3, 0.4) is 0 Å². The van der Waals surface area contributed by atoms with Crippen LogP contribution in [0.5, 0.6) is 0 Å². The lowest BCUT2D eigenvalue weighted by molar-refractivity contribution is -0.142. The van der Waals surface area contributed by atoms with Gasteiger partial charge in [-0.3, -0.25) is 9.59 Å². The molecule has 1 atom stereocenters. The van der Waals surface area contributed by atoms with E-state index in [-0.39, 0.29) is 24.3 Å². The van der Waals surface area contributed by atoms with Gasteiger partial charge in [0.1, 0.15) is 0 Å². The quantitative estimate of drug-likeness (QED) is 0.806. The van der Waals surface area contributed by atoms with Gasteiger partial charge in [-0.25, -0.2) is 0 Å². The van der Waals surface area contributed by atoms with Crippen LogP contribution in [-0.2, 0) is 9.53 Å². The van der Waals surface area contributed by atoms with Crippen molar-refractivity contribution in [2.75, 3.05) is 13.7 Å². The van der Waals surface area contributed by atoms with E-state index in [1.54, 1.807) is 23.1 Å². The Kier molecular flexibility index (Phi) is 5.23. The number of methoxy groups -OCH3 is 1. The highest BCUT2D eigenvalue weighted by Crippen LogP contribution is 2.25. The van der Waals surface area contributed by atoms with E-state index < -0.39 is 0 Å². The van der Waals surface area contributed by atoms with Gasteiger partial charge in [0.25, 0.3) is 5.91 Å². The highest BCUT2D eigenvalue weighted by atomic mass is 35.5. The van der Waals surface area contributed by atoms with Gasteiger partial charge in [0.05, 0.1) is 13.5 Å². The summed E-state index contributed by atoms with van der Waals surface area (Å²) in [5.41, 5.74) is 1.39. The largest absolute Gasteiger partial charge is 0.469 e. The lowest BCUT2D eigenvalue weighted by Gasteiger charge is -2.35. The van der Waals surface area contributed by atoms with E-state index in [0.717, 1.165) is 24.8 Å². The molecular formula is C16H20ClNO3. The molecule has 1 amide bonds. The molecule has 0 aliphatic carbocycles. The molecule has 1 unspecified atom stereocenters. The summed E-state index contributed by atoms with van der Waals surface area (Å²) in [5, 5.41) is 0.586. The normalized spacial score (nSPS) is 18.4. The summed E-state index contributed by atoms with van der Waals surface area (Å²) in [4.78, 5) is 26.1. The summed E-state index contributed by atoms with van der Waals surface area (Å²) in [5.74, 6) is -0.328. The molecule has 2 rings (SSSR count). The minimum absolute atomic E-state index is 0.0522. The molecule has 0 spiro atoms. The number of ether oxygens (including phenoxy) is 1. The highest BCUT2D eigenvalue weighted by Gasteiger charge is 2.30. The van der Waals surface area contributed by atoms with Crippen molar-refractivity contribution in [2.24, 2.45) is 0 Å². The third-order valence-electron chi connectivity index (χ3n) is 4.02. The van der Waals surface area contributed by atoms with Crippen molar-refractivity contribution >= 4 is 23.5 Å². The molecule has 0 bridgehead atoms. The Bertz CT molecular complexity index is 544. The van der Waals surface area contributed by atoms with Crippen LogP contribution >= 0.6 is 11.6 Å². The Morgan fingerprint density at radius 3 is 2.86 bits per heavy atom. The molecular weight excluding hydrogens is 290 g/mol. The summed E-state index contributed by atoms with van der Waals surface area (Å²) in [6, 6.07) is 5.25. The average molecular weight is 310 g/mol. The Labute approximate surface area is 130 Å². The number of carbonyl (C=O) groups excluding carboxylic acids is 2. The molecule has 1 aromatic rings. The van der Waals surface area contributed by atoms with Gasteiger partial charge < -0.3 is 9.64 Å². The second kappa shape index (κ2) is 6.94. The molecule has 0 saturated carbocycles. The number of benzene rings is 1. The Balaban J connectivity index is 2.22. The summed E-state index contributed by atoms with van der Waals surface area (Å²) < 4.78 is 4.73. The number of esters is 1. The minimum atomic E-state index is -0.275. The number of hydrogen-bond acceptors (Lipinski definition) is 3. The number of rotatable bonds is 3. The monoisotopic (exact) mass is 309 g/mol. The van der Waals surface area contributed by atoms with Gasteiger partial charge in [-0.1, -0.05) is 17.7 Å². The zero-order chi connectivity index (χ0) is 15.4. The van der Waals surface area contributed by atoms with E-state index in [1.165, 1.54) is 7.11 Å². The Morgan fingerprint density at radius 2 is 2.14 bits per heavy atom. The van der Waals surface area contributed by atoms with Crippen molar-refractivity contribution in [3.8, 4) is 0 Å². The maximum Gasteiger partial charge on any atom is 0.307 e. The van der Waals surface area contributed by atoms with E-state index in [1.807, 2.05) is 6.92 Å². The number of nitrogens with zero attached hydrogens (tertiary/aromatic N) is 1. The molecule has 1 fully saturated rings. The van der Waals surface area contributed by atoms with Crippen LogP contribution in [0.1, 0.15) is 41.6 Å². The Morgan fingerprint density at radius 1 is 1.38 bits per heavy atom. The molecule has 21 heavy (non-hydrogen) atoms. The fourth-order valence-corrected chi connectivity index (χ4v) is 2.92. The molecule has 114 valence electrons. The van der Waals surface area contributed by atoms with Gasteiger partial charge in [-0.15, -0.1) is 0 Å². The smallest absolute Gasteiger partial charge is 0.307 e. The van der Waals surface area contributed by atoms with Gasteiger partial charge in [-0.05, 0) is 43.9 Å². The van der Waals surface area contributed by atoms with Crippen LogP contribution in [0.4, 0.5) is 0 Å². The van der Waals surface area contributed by atoms with Crippen LogP contribution < -0.4 is 0 Å². The molecule has 4 nitrogen and oxygen atoms in total. The first kappa shape index (κ1) is 15.8. The SMILES string of the molecule is COC(=O)CC1CCCCN1C(=O)c1cccc(Cl)c1C. The van der Waals surface area contributed by atoms with Crippen molar-refractivity contribution in [3.63, 3.8) is 0 Å². The summed E-state index contributed by atoms with van der Waals surface area (Å²) in [7, 11) is 1.37. The molecule has 1 aliphatic rings. The maximum absolute atomic E-state index is 12.8. The second-order valence-corrected chi connectivity index (χ2v) is 5.75. The van der Waals surface area contributed by atoms with Gasteiger partial charge in [-0.2, -0.15) is 0 Å². The van der Waals surface area contributed by atoms with Crippen LogP contribution in [0.15, 0.2) is 18.2 Å². The van der Waals surface area contributed by atoms with E-state index in [0.29, 0.717) is 17.1 Å². The first-order valence-electron chi connectivity index (χ1n) is 7.17. The standard InChI is InChI=1S/C16H20ClNO3/c1-11-13(7-5-8-14(11)17)16(20)18-9-4-3-6-12(18)10-15(19)21-2/h5,7-8,12H,3-4,6,9-10H2,1-2H3. The third kappa shape index (κ3) is 3.56. The van der Waals surface area contributed by atoms with Gasteiger partial charge >= 0.3 is 5.97 Å². The zero-order valence-corrected chi connectivity index (χ0v) is 13.2. The number of piperidine rings is 1. The molecule has 1 aromatic carbocycles. The van der Waals surface area contributed by atoms with E-state index in [2.05, 4.69) is 0 Å². The first-order chi connectivity index (χ1) is 10.0. The molecule has 1 heterocycles. The first-order valence-corrected chi connectivity index (χ1v) is 7.55. The van der Waals surface area contributed by atoms with Crippen molar-refractivity contribution in [2.45, 2.75) is 38.6 Å². The second-order valence-electron chi connectivity index (χ2n) is 5.34. The lowest BCUT2D eigenvalue weighted by atomic mass is 9.97. The molecule has 1 aliphatic heterocycles. The molecule has 0 N–H and O–H groups in total. The van der Waals surface area contributed by atoms with Crippen LogP contribution in [-0.4, -0.2) is 36.5 Å². The van der Waals surface area contributed by atoms with Gasteiger partial charge in [0.15, 0.2) is 0 Å². The van der Waals surface area contributed by atoms with Crippen LogP contribution in [0.2, 0.25) is 5.02 Å². The van der Waals surface area contributed by atoms with Crippen molar-refractivity contribution in [1.82, 2.24) is 4.90 Å². The third-order valence-corrected chi connectivity index (χ3v) is 4.43. The van der Waals surface area contributed by atoms with Gasteiger partial charge in [0.2, 0.25) is 0 Å². The van der Waals surface area contributed by atoms with E-state index in [9.17, 15) is 9.59 Å². The zero-order valence-electron chi connectivity index (χ0n) is 12.4. The Hall–Kier alpha value is -1.55. The number of carbonyl (C=O) groups is 2. The van der Waals surface area contributed by atoms with Crippen molar-refractivity contribution in [3.05, 3.63) is 34.3 Å². The lowest BCUT2D eigenvalue weighted by Crippen LogP contribution is -2.45. The van der Waals surface area contributed by atoms with Crippen molar-refractivity contribution < 1.29 is 14.3 Å². The number of amides is 1. The van der Waals surface area contributed by atoms with Crippen molar-refractivity contribution in [1.29, 1.82) is 0 Å². The molecule has 0 radical (unpaired) electrons. The average Bonchev–Trinajstić information content (AvgIpc) is 2.50. The fraction of sp³-hybridized carbons (Fsp3) is 0.500. The fourth-order valence-electron chi connectivity index (χ4n) is 2.75. The summed E-state index contributed by atoms with van der Waals surface area (Å²) in [6.45, 7) is 2.52. The van der Waals surface area contributed by atoms with E-state index in [4.69, 9.17) is 16.3 Å². The summed E-state index contributed by atoms with van der Waals surface area (Å²) in [6.07, 6.45) is 3.07.